The van der Waals surface area contributed by atoms with Gasteiger partial charge in [-0.05, 0) is 42.0 Å². The maximum Gasteiger partial charge on any atom is 0.281 e. The average molecular weight is 427 g/mol. The van der Waals surface area contributed by atoms with Gasteiger partial charge in [0.15, 0.2) is 0 Å². The van der Waals surface area contributed by atoms with E-state index in [2.05, 4.69) is 15.6 Å². The van der Waals surface area contributed by atoms with Crippen LogP contribution in [-0.2, 0) is 0 Å². The number of phenolic OH excluding ortho intramolecular Hbond substituents is 1. The molecule has 0 saturated heterocycles. The van der Waals surface area contributed by atoms with Crippen LogP contribution in [0.4, 0.5) is 0 Å². The highest BCUT2D eigenvalue weighted by Gasteiger charge is 2.17. The van der Waals surface area contributed by atoms with Gasteiger partial charge in [0.25, 0.3) is 5.91 Å². The number of fused-ring (bicyclic) bond motifs is 2. The van der Waals surface area contributed by atoms with Crippen LogP contribution in [0.25, 0.3) is 26.7 Å². The molecule has 0 fully saturated rings. The Morgan fingerprint density at radius 2 is 1.84 bits per heavy atom. The van der Waals surface area contributed by atoms with Crippen molar-refractivity contribution in [1.82, 2.24) is 15.2 Å². The molecule has 2 aromatic heterocycles. The summed E-state index contributed by atoms with van der Waals surface area (Å²) >= 11 is 1.36. The van der Waals surface area contributed by atoms with E-state index in [0.29, 0.717) is 10.4 Å². The summed E-state index contributed by atoms with van der Waals surface area (Å²) in [6.07, 6.45) is 1.47. The lowest BCUT2D eigenvalue weighted by molar-refractivity contribution is 0.0959. The molecule has 0 bridgehead atoms. The first-order chi connectivity index (χ1) is 15.1. The molecule has 5 rings (SSSR count). The maximum atomic E-state index is 12.7. The molecule has 3 aromatic carbocycles. The molecular weight excluding hydrogens is 408 g/mol. The number of para-hydroxylation sites is 1. The summed E-state index contributed by atoms with van der Waals surface area (Å²) in [5, 5.41) is 21.7. The highest BCUT2D eigenvalue weighted by Crippen LogP contribution is 2.30. The second kappa shape index (κ2) is 7.70. The second-order valence-corrected chi connectivity index (χ2v) is 8.11. The molecule has 0 unspecified atom stereocenters. The number of benzene rings is 3. The normalized spacial score (nSPS) is 11.5. The van der Waals surface area contributed by atoms with Gasteiger partial charge in [-0.15, -0.1) is 11.3 Å². The Hall–Kier alpha value is -3.97. The van der Waals surface area contributed by atoms with Crippen molar-refractivity contribution in [1.29, 1.82) is 0 Å². The fourth-order valence-corrected chi connectivity index (χ4v) is 4.61. The Bertz CT molecular complexity index is 1450. The molecule has 0 aliphatic rings. The Balaban J connectivity index is 1.42. The number of nitrogens with one attached hydrogen (secondary N) is 1. The number of nitrogens with zero attached hydrogens (tertiary/aromatic N) is 3. The van der Waals surface area contributed by atoms with Gasteiger partial charge in [0, 0.05) is 10.9 Å². The molecule has 2 heterocycles. The number of hydrogen-bond acceptors (Lipinski definition) is 5. The number of phenols is 1. The van der Waals surface area contributed by atoms with Crippen molar-refractivity contribution in [2.75, 3.05) is 0 Å². The quantitative estimate of drug-likeness (QED) is 0.313. The van der Waals surface area contributed by atoms with Crippen molar-refractivity contribution in [3.63, 3.8) is 0 Å². The van der Waals surface area contributed by atoms with E-state index in [-0.39, 0.29) is 11.7 Å². The fourth-order valence-electron chi connectivity index (χ4n) is 3.53. The van der Waals surface area contributed by atoms with E-state index in [9.17, 15) is 9.90 Å². The lowest BCUT2D eigenvalue weighted by Gasteiger charge is -2.04. The predicted octanol–water partition coefficient (Wildman–Crippen LogP) is 5.02. The van der Waals surface area contributed by atoms with Crippen LogP contribution in [0.3, 0.4) is 0 Å². The Morgan fingerprint density at radius 1 is 1.06 bits per heavy atom. The minimum Gasteiger partial charge on any atom is -0.507 e. The number of amides is 1. The molecule has 0 aliphatic carbocycles. The largest absolute Gasteiger partial charge is 0.507 e. The summed E-state index contributed by atoms with van der Waals surface area (Å²) in [4.78, 5) is 14.2. The highest BCUT2D eigenvalue weighted by molar-refractivity contribution is 7.20. The van der Waals surface area contributed by atoms with Crippen LogP contribution in [0.15, 0.2) is 77.9 Å². The summed E-state index contributed by atoms with van der Waals surface area (Å²) in [5.41, 5.74) is 4.93. The van der Waals surface area contributed by atoms with Crippen LogP contribution in [0.1, 0.15) is 20.9 Å². The molecule has 152 valence electrons. The zero-order chi connectivity index (χ0) is 21.4. The Labute approximate surface area is 182 Å². The summed E-state index contributed by atoms with van der Waals surface area (Å²) in [6, 6.07) is 22.8. The first kappa shape index (κ1) is 19.0. The van der Waals surface area contributed by atoms with Gasteiger partial charge in [-0.1, -0.05) is 48.5 Å². The van der Waals surface area contributed by atoms with E-state index < -0.39 is 0 Å². The van der Waals surface area contributed by atoms with Crippen molar-refractivity contribution >= 4 is 44.4 Å². The Morgan fingerprint density at radius 3 is 2.68 bits per heavy atom. The predicted molar refractivity (Wildman–Crippen MR) is 124 cm³/mol. The molecule has 0 aliphatic heterocycles. The molecule has 0 atom stereocenters. The maximum absolute atomic E-state index is 12.7. The molecule has 0 radical (unpaired) electrons. The molecule has 5 aromatic rings. The number of carbonyl (C=O) groups is 1. The third-order valence-corrected chi connectivity index (χ3v) is 6.19. The second-order valence-electron chi connectivity index (χ2n) is 7.08. The minimum absolute atomic E-state index is 0.108. The molecule has 0 spiro atoms. The van der Waals surface area contributed by atoms with Crippen LogP contribution < -0.4 is 5.43 Å². The fraction of sp³-hybridized carbons (Fsp3) is 0.0417. The first-order valence-electron chi connectivity index (χ1n) is 9.70. The van der Waals surface area contributed by atoms with E-state index >= 15 is 0 Å². The zero-order valence-electron chi connectivity index (χ0n) is 16.6. The molecule has 7 heteroatoms. The van der Waals surface area contributed by atoms with Gasteiger partial charge in [0.2, 0.25) is 0 Å². The van der Waals surface area contributed by atoms with Crippen LogP contribution in [0.5, 0.6) is 5.75 Å². The summed E-state index contributed by atoms with van der Waals surface area (Å²) in [7, 11) is 0. The van der Waals surface area contributed by atoms with Crippen molar-refractivity contribution in [2.45, 2.75) is 6.92 Å². The van der Waals surface area contributed by atoms with Gasteiger partial charge in [0.1, 0.15) is 10.6 Å². The van der Waals surface area contributed by atoms with Gasteiger partial charge in [-0.3, -0.25) is 4.79 Å². The van der Waals surface area contributed by atoms with Crippen molar-refractivity contribution in [3.8, 4) is 11.4 Å². The zero-order valence-corrected chi connectivity index (χ0v) is 17.4. The van der Waals surface area contributed by atoms with Gasteiger partial charge >= 0.3 is 0 Å². The summed E-state index contributed by atoms with van der Waals surface area (Å²) in [6.45, 7) is 1.93. The number of aromatic nitrogens is 2. The number of aromatic hydroxyl groups is 1. The first-order valence-corrected chi connectivity index (χ1v) is 10.5. The van der Waals surface area contributed by atoms with Gasteiger partial charge in [-0.2, -0.15) is 10.2 Å². The number of hydrogen-bond donors (Lipinski definition) is 2. The van der Waals surface area contributed by atoms with Crippen molar-refractivity contribution in [2.24, 2.45) is 5.10 Å². The van der Waals surface area contributed by atoms with Gasteiger partial charge in [0.05, 0.1) is 22.5 Å². The van der Waals surface area contributed by atoms with Crippen LogP contribution in [0.2, 0.25) is 0 Å². The SMILES string of the molecule is Cc1nn(-c2ccccc2)c2sc(C(=O)N/N=C\c3c(O)ccc4ccccc34)cc12. The average Bonchev–Trinajstić information content (AvgIpc) is 3.36. The number of hydrazone groups is 1. The van der Waals surface area contributed by atoms with Crippen molar-refractivity contribution in [3.05, 3.63) is 88.9 Å². The lowest BCUT2D eigenvalue weighted by atomic mass is 10.0. The monoisotopic (exact) mass is 426 g/mol. The third-order valence-electron chi connectivity index (χ3n) is 5.08. The minimum atomic E-state index is -0.309. The summed E-state index contributed by atoms with van der Waals surface area (Å²) < 4.78 is 1.85. The number of thiophene rings is 1. The molecule has 0 saturated carbocycles. The van der Waals surface area contributed by atoms with E-state index in [1.807, 2.05) is 78.3 Å². The molecular formula is C24H18N4O2S. The van der Waals surface area contributed by atoms with Crippen molar-refractivity contribution < 1.29 is 9.90 Å². The van der Waals surface area contributed by atoms with E-state index in [1.165, 1.54) is 17.6 Å². The smallest absolute Gasteiger partial charge is 0.281 e. The Kier molecular flexibility index (Phi) is 4.72. The van der Waals surface area contributed by atoms with E-state index in [1.54, 1.807) is 6.07 Å². The molecule has 6 nitrogen and oxygen atoms in total. The molecule has 31 heavy (non-hydrogen) atoms. The third kappa shape index (κ3) is 3.45. The van der Waals surface area contributed by atoms with E-state index in [0.717, 1.165) is 32.4 Å². The highest BCUT2D eigenvalue weighted by atomic mass is 32.1. The van der Waals surface area contributed by atoms with Crippen LogP contribution in [-0.4, -0.2) is 27.0 Å². The van der Waals surface area contributed by atoms with Gasteiger partial charge in [-0.25, -0.2) is 10.1 Å². The lowest BCUT2D eigenvalue weighted by Crippen LogP contribution is -2.16. The standard InChI is InChI=1S/C24H18N4O2S/c1-15-19-13-22(31-24(19)28(27-15)17-8-3-2-4-9-17)23(30)26-25-14-20-18-10-6-5-7-16(18)11-12-21(20)29/h2-14,29H,1H3,(H,26,30)/b25-14-. The van der Waals surface area contributed by atoms with Crippen LogP contribution in [0, 0.1) is 6.92 Å². The van der Waals surface area contributed by atoms with E-state index in [4.69, 9.17) is 0 Å². The number of rotatable bonds is 4. The van der Waals surface area contributed by atoms with Gasteiger partial charge < -0.3 is 5.11 Å². The summed E-state index contributed by atoms with van der Waals surface area (Å²) in [5.74, 6) is -0.201. The topological polar surface area (TPSA) is 79.5 Å². The number of carbonyl (C=O) groups excluding carboxylic acids is 1. The number of aryl methyl sites for hydroxylation is 1. The molecule has 2 N–H and O–H groups in total. The van der Waals surface area contributed by atoms with Crippen LogP contribution >= 0.6 is 11.3 Å². The molecule has 1 amide bonds.